The van der Waals surface area contributed by atoms with Gasteiger partial charge in [0.2, 0.25) is 0 Å². The van der Waals surface area contributed by atoms with E-state index in [0.29, 0.717) is 5.25 Å². The number of hydrogen-bond donors (Lipinski definition) is 1. The predicted octanol–water partition coefficient (Wildman–Crippen LogP) is 3.90. The highest BCUT2D eigenvalue weighted by atomic mass is 32.1. The summed E-state index contributed by atoms with van der Waals surface area (Å²) in [5, 5.41) is 0.524. The van der Waals surface area contributed by atoms with E-state index in [1.165, 1.54) is 12.8 Å². The van der Waals surface area contributed by atoms with Gasteiger partial charge in [0.25, 0.3) is 0 Å². The van der Waals surface area contributed by atoms with Crippen molar-refractivity contribution in [3.63, 3.8) is 0 Å². The largest absolute Gasteiger partial charge is 0.395 e. The lowest BCUT2D eigenvalue weighted by Crippen LogP contribution is -2.45. The van der Waals surface area contributed by atoms with E-state index in [1.807, 2.05) is 21.0 Å². The Bertz CT molecular complexity index is 231. The van der Waals surface area contributed by atoms with E-state index >= 15 is 0 Å². The topological polar surface area (TPSA) is 21.7 Å². The van der Waals surface area contributed by atoms with E-state index in [4.69, 9.17) is 8.85 Å². The molecule has 0 amide bonds. The number of hydrogen-bond acceptors (Lipinski definition) is 4. The van der Waals surface area contributed by atoms with Crippen LogP contribution in [0.4, 0.5) is 0 Å². The first kappa shape index (κ1) is 19.4. The van der Waals surface area contributed by atoms with Gasteiger partial charge in [0.1, 0.15) is 0 Å². The molecule has 0 aromatic carbocycles. The van der Waals surface area contributed by atoms with Crippen LogP contribution < -0.4 is 0 Å². The van der Waals surface area contributed by atoms with Crippen LogP contribution in [0.3, 0.4) is 0 Å². The Kier molecular flexibility index (Phi) is 10.5. The summed E-state index contributed by atoms with van der Waals surface area (Å²) in [5.74, 6) is 0. The monoisotopic (exact) mass is 307 g/mol. The third-order valence-corrected chi connectivity index (χ3v) is 6.90. The van der Waals surface area contributed by atoms with Gasteiger partial charge in [-0.1, -0.05) is 19.8 Å². The lowest BCUT2D eigenvalue weighted by molar-refractivity contribution is 0.0381. The van der Waals surface area contributed by atoms with E-state index in [2.05, 4.69) is 37.9 Å². The zero-order valence-corrected chi connectivity index (χ0v) is 15.5. The number of rotatable bonds is 11. The second kappa shape index (κ2) is 10.2. The van der Waals surface area contributed by atoms with E-state index in [0.717, 1.165) is 25.5 Å². The SMILES string of the molecule is CCCC(S)CCC[Si](C)(OCC)OC(C)N(C)C. The number of thiol groups is 1. The summed E-state index contributed by atoms with van der Waals surface area (Å²) < 4.78 is 12.2. The molecule has 0 fully saturated rings. The van der Waals surface area contributed by atoms with Gasteiger partial charge in [0.15, 0.2) is 0 Å². The molecule has 3 unspecified atom stereocenters. The lowest BCUT2D eigenvalue weighted by Gasteiger charge is -2.33. The summed E-state index contributed by atoms with van der Waals surface area (Å²) in [7, 11) is 2.04. The minimum atomic E-state index is -2.04. The maximum atomic E-state index is 6.20. The molecule has 0 aliphatic rings. The molecule has 3 atom stereocenters. The first-order valence-electron chi connectivity index (χ1n) is 7.51. The molecule has 0 aromatic heterocycles. The van der Waals surface area contributed by atoms with Gasteiger partial charge in [0.05, 0.1) is 6.23 Å². The molecular weight excluding hydrogens is 274 g/mol. The second-order valence-corrected chi connectivity index (χ2v) is 9.60. The van der Waals surface area contributed by atoms with Crippen LogP contribution in [0.5, 0.6) is 0 Å². The normalized spacial score (nSPS) is 18.3. The van der Waals surface area contributed by atoms with Gasteiger partial charge in [-0.05, 0) is 53.4 Å². The zero-order valence-electron chi connectivity index (χ0n) is 13.6. The number of nitrogens with zero attached hydrogens (tertiary/aromatic N) is 1. The Hall–Kier alpha value is 0.447. The second-order valence-electron chi connectivity index (χ2n) is 5.58. The molecule has 0 aromatic rings. The fourth-order valence-corrected chi connectivity index (χ4v) is 5.23. The Morgan fingerprint density at radius 2 is 1.84 bits per heavy atom. The van der Waals surface area contributed by atoms with E-state index < -0.39 is 8.56 Å². The molecule has 3 nitrogen and oxygen atoms in total. The first-order valence-corrected chi connectivity index (χ1v) is 10.5. The minimum absolute atomic E-state index is 0.116. The quantitative estimate of drug-likeness (QED) is 0.355. The van der Waals surface area contributed by atoms with Crippen LogP contribution in [-0.2, 0) is 8.85 Å². The molecule has 0 heterocycles. The zero-order chi connectivity index (χ0) is 14.9. The van der Waals surface area contributed by atoms with Gasteiger partial charge in [0, 0.05) is 11.9 Å². The van der Waals surface area contributed by atoms with Crippen molar-refractivity contribution in [2.45, 2.75) is 70.5 Å². The highest BCUT2D eigenvalue weighted by Crippen LogP contribution is 2.22. The fraction of sp³-hybridized carbons (Fsp3) is 1.00. The molecule has 0 rings (SSSR count). The molecule has 0 spiro atoms. The summed E-state index contributed by atoms with van der Waals surface area (Å²) in [6, 6.07) is 1.06. The molecule has 0 aliphatic heterocycles. The van der Waals surface area contributed by atoms with Gasteiger partial charge < -0.3 is 8.85 Å². The molecule has 0 saturated heterocycles. The lowest BCUT2D eigenvalue weighted by atomic mass is 10.2. The van der Waals surface area contributed by atoms with Crippen LogP contribution in [0.2, 0.25) is 12.6 Å². The molecule has 0 aliphatic carbocycles. The standard InChI is InChI=1S/C14H33NO2SSi/c1-7-10-14(18)11-9-12-19(6,16-8-2)17-13(3)15(4)5/h13-14,18H,7-12H2,1-6H3. The third kappa shape index (κ3) is 9.08. The Labute approximate surface area is 126 Å². The molecule has 5 heteroatoms. The Balaban J connectivity index is 4.22. The average Bonchev–Trinajstić information content (AvgIpc) is 2.29. The molecule has 19 heavy (non-hydrogen) atoms. The van der Waals surface area contributed by atoms with Crippen molar-refractivity contribution in [3.05, 3.63) is 0 Å². The van der Waals surface area contributed by atoms with Crippen molar-refractivity contribution in [1.29, 1.82) is 0 Å². The maximum absolute atomic E-state index is 6.20. The van der Waals surface area contributed by atoms with E-state index in [-0.39, 0.29) is 6.23 Å². The Morgan fingerprint density at radius 3 is 2.32 bits per heavy atom. The smallest absolute Gasteiger partial charge is 0.336 e. The molecule has 0 radical (unpaired) electrons. The van der Waals surface area contributed by atoms with Crippen molar-refractivity contribution in [2.24, 2.45) is 0 Å². The minimum Gasteiger partial charge on any atom is -0.395 e. The van der Waals surface area contributed by atoms with Crippen LogP contribution >= 0.6 is 12.6 Å². The van der Waals surface area contributed by atoms with Crippen LogP contribution in [0.25, 0.3) is 0 Å². The van der Waals surface area contributed by atoms with Gasteiger partial charge >= 0.3 is 8.56 Å². The first-order chi connectivity index (χ1) is 8.84. The van der Waals surface area contributed by atoms with Crippen molar-refractivity contribution in [1.82, 2.24) is 4.90 Å². The maximum Gasteiger partial charge on any atom is 0.336 e. The van der Waals surface area contributed by atoms with Crippen molar-refractivity contribution < 1.29 is 8.85 Å². The van der Waals surface area contributed by atoms with Crippen molar-refractivity contribution >= 4 is 21.2 Å². The summed E-state index contributed by atoms with van der Waals surface area (Å²) in [4.78, 5) is 2.09. The summed E-state index contributed by atoms with van der Waals surface area (Å²) >= 11 is 4.62. The highest BCUT2D eigenvalue weighted by molar-refractivity contribution is 7.80. The van der Waals surface area contributed by atoms with Crippen LogP contribution in [0.15, 0.2) is 0 Å². The van der Waals surface area contributed by atoms with E-state index in [9.17, 15) is 0 Å². The van der Waals surface area contributed by atoms with Gasteiger partial charge in [-0.2, -0.15) is 12.6 Å². The van der Waals surface area contributed by atoms with Gasteiger partial charge in [-0.25, -0.2) is 0 Å². The summed E-state index contributed by atoms with van der Waals surface area (Å²) in [5.41, 5.74) is 0. The van der Waals surface area contributed by atoms with Gasteiger partial charge in [-0.3, -0.25) is 4.90 Å². The predicted molar refractivity (Wildman–Crippen MR) is 89.2 cm³/mol. The van der Waals surface area contributed by atoms with Crippen molar-refractivity contribution in [2.75, 3.05) is 20.7 Å². The molecule has 0 bridgehead atoms. The van der Waals surface area contributed by atoms with Crippen LogP contribution in [0, 0.1) is 0 Å². The van der Waals surface area contributed by atoms with E-state index in [1.54, 1.807) is 0 Å². The molecule has 0 N–H and O–H groups in total. The fourth-order valence-electron chi connectivity index (χ4n) is 2.07. The van der Waals surface area contributed by atoms with Gasteiger partial charge in [-0.15, -0.1) is 0 Å². The average molecular weight is 308 g/mol. The summed E-state index contributed by atoms with van der Waals surface area (Å²) in [6.45, 7) is 9.27. The van der Waals surface area contributed by atoms with Crippen LogP contribution in [0.1, 0.15) is 46.5 Å². The third-order valence-electron chi connectivity index (χ3n) is 3.39. The Morgan fingerprint density at radius 1 is 1.21 bits per heavy atom. The molecule has 116 valence electrons. The highest BCUT2D eigenvalue weighted by Gasteiger charge is 2.33. The van der Waals surface area contributed by atoms with Crippen molar-refractivity contribution in [3.8, 4) is 0 Å². The van der Waals surface area contributed by atoms with Crippen LogP contribution in [-0.4, -0.2) is 45.6 Å². The molecule has 0 saturated carbocycles. The molecular formula is C14H33NO2SSi. The summed E-state index contributed by atoms with van der Waals surface area (Å²) in [6.07, 6.45) is 4.84.